The topological polar surface area (TPSA) is 75.4 Å². The lowest BCUT2D eigenvalue weighted by Crippen LogP contribution is -2.31. The molecule has 0 amide bonds. The summed E-state index contributed by atoms with van der Waals surface area (Å²) >= 11 is 0. The predicted octanol–water partition coefficient (Wildman–Crippen LogP) is 2.17. The Morgan fingerprint density at radius 2 is 1.88 bits per heavy atom. The molecule has 3 rings (SSSR count). The third-order valence-electron chi connectivity index (χ3n) is 3.73. The molecule has 0 aliphatic heterocycles. The molecule has 1 aromatic carbocycles. The van der Waals surface area contributed by atoms with Crippen LogP contribution in [0.2, 0.25) is 0 Å². The van der Waals surface area contributed by atoms with Gasteiger partial charge in [0, 0.05) is 19.2 Å². The zero-order valence-corrected chi connectivity index (χ0v) is 13.9. The van der Waals surface area contributed by atoms with Gasteiger partial charge in [-0.15, -0.1) is 0 Å². The summed E-state index contributed by atoms with van der Waals surface area (Å²) < 4.78 is 45.5. The van der Waals surface area contributed by atoms with Crippen LogP contribution in [0.3, 0.4) is 0 Å². The Morgan fingerprint density at radius 1 is 1.15 bits per heavy atom. The van der Waals surface area contributed by atoms with E-state index in [1.165, 1.54) is 0 Å². The number of halogens is 3. The van der Waals surface area contributed by atoms with Crippen molar-refractivity contribution in [1.29, 1.82) is 0 Å². The highest BCUT2D eigenvalue weighted by molar-refractivity contribution is 6.22. The number of Topliss-reactive ketones (excluding diaryl/α,β-unsaturated/α-hetero) is 1. The van der Waals surface area contributed by atoms with Gasteiger partial charge in [-0.25, -0.2) is 18.2 Å². The van der Waals surface area contributed by atoms with Gasteiger partial charge in [-0.05, 0) is 26.2 Å². The molecule has 0 saturated heterocycles. The van der Waals surface area contributed by atoms with E-state index in [0.717, 1.165) is 12.1 Å². The molecule has 136 valence electrons. The van der Waals surface area contributed by atoms with Gasteiger partial charge in [0.1, 0.15) is 0 Å². The largest absolute Gasteiger partial charge is 0.432 e. The number of oxazole rings is 1. The molecule has 0 radical (unpaired) electrons. The van der Waals surface area contributed by atoms with E-state index in [-0.39, 0.29) is 17.2 Å². The molecule has 1 aliphatic rings. The Hall–Kier alpha value is -2.94. The summed E-state index contributed by atoms with van der Waals surface area (Å²) in [5.41, 5.74) is -0.750. The molecule has 1 aliphatic carbocycles. The van der Waals surface area contributed by atoms with Gasteiger partial charge < -0.3 is 14.6 Å². The van der Waals surface area contributed by atoms with Crippen LogP contribution in [0.15, 0.2) is 28.3 Å². The van der Waals surface area contributed by atoms with Gasteiger partial charge in [0.15, 0.2) is 23.1 Å². The van der Waals surface area contributed by atoms with Crippen LogP contribution in [0.1, 0.15) is 21.0 Å². The lowest BCUT2D eigenvalue weighted by atomic mass is 10.0. The second-order valence-corrected chi connectivity index (χ2v) is 5.90. The molecule has 0 bridgehead atoms. The molecule has 0 unspecified atom stereocenters. The van der Waals surface area contributed by atoms with Gasteiger partial charge in [0.05, 0.1) is 11.3 Å². The van der Waals surface area contributed by atoms with Gasteiger partial charge in [-0.1, -0.05) is 0 Å². The van der Waals surface area contributed by atoms with Crippen LogP contribution in [0.25, 0.3) is 11.5 Å². The average molecular weight is 365 g/mol. The number of hydrogen-bond acceptors (Lipinski definition) is 6. The quantitative estimate of drug-likeness (QED) is 0.819. The lowest BCUT2D eigenvalue weighted by molar-refractivity contribution is 0.0960. The van der Waals surface area contributed by atoms with Gasteiger partial charge in [0.2, 0.25) is 23.2 Å². The van der Waals surface area contributed by atoms with Crippen LogP contribution in [-0.4, -0.2) is 48.6 Å². The van der Waals surface area contributed by atoms with E-state index < -0.39 is 40.5 Å². The second kappa shape index (κ2) is 6.75. The van der Waals surface area contributed by atoms with Crippen molar-refractivity contribution in [3.05, 3.63) is 52.8 Å². The summed E-state index contributed by atoms with van der Waals surface area (Å²) in [6.45, 7) is 1.03. The number of hydrogen-bond donors (Lipinski definition) is 1. The van der Waals surface area contributed by atoms with Crippen molar-refractivity contribution in [2.45, 2.75) is 0 Å². The maximum absolute atomic E-state index is 13.9. The van der Waals surface area contributed by atoms with E-state index in [1.54, 1.807) is 0 Å². The van der Waals surface area contributed by atoms with Crippen LogP contribution in [0.5, 0.6) is 0 Å². The minimum atomic E-state index is -1.69. The maximum atomic E-state index is 13.9. The summed E-state index contributed by atoms with van der Waals surface area (Å²) in [6.07, 6.45) is 1.07. The average Bonchev–Trinajstić information content (AvgIpc) is 3.03. The molecular formula is C17H14F3N3O3. The second-order valence-electron chi connectivity index (χ2n) is 5.90. The number of aromatic nitrogens is 1. The Balaban J connectivity index is 1.93. The zero-order chi connectivity index (χ0) is 19.0. The summed E-state index contributed by atoms with van der Waals surface area (Å²) in [4.78, 5) is 30.3. The van der Waals surface area contributed by atoms with Gasteiger partial charge in [0.25, 0.3) is 0 Å². The van der Waals surface area contributed by atoms with Gasteiger partial charge in [-0.3, -0.25) is 9.59 Å². The van der Waals surface area contributed by atoms with Crippen molar-refractivity contribution in [2.24, 2.45) is 0 Å². The first-order chi connectivity index (χ1) is 12.3. The number of carbonyl (C=O) groups is 2. The molecule has 9 heteroatoms. The van der Waals surface area contributed by atoms with Crippen molar-refractivity contribution < 1.29 is 27.2 Å². The highest BCUT2D eigenvalue weighted by Gasteiger charge is 2.33. The number of nitrogens with one attached hydrogen (secondary N) is 1. The highest BCUT2D eigenvalue weighted by Crippen LogP contribution is 2.30. The van der Waals surface area contributed by atoms with E-state index >= 15 is 0 Å². The van der Waals surface area contributed by atoms with Crippen LogP contribution in [0.4, 0.5) is 13.2 Å². The normalized spacial score (nSPS) is 13.8. The molecule has 2 aromatic rings. The van der Waals surface area contributed by atoms with Crippen molar-refractivity contribution in [1.82, 2.24) is 15.2 Å². The summed E-state index contributed by atoms with van der Waals surface area (Å²) in [5.74, 6) is -6.65. The van der Waals surface area contributed by atoms with E-state index in [9.17, 15) is 22.8 Å². The SMILES string of the molecule is CN(C)CCNC1=CC(=O)c2oc(-c3ccc(F)c(F)c3F)nc2C1=O. The number of ketones is 2. The van der Waals surface area contributed by atoms with E-state index in [0.29, 0.717) is 19.2 Å². The fourth-order valence-corrected chi connectivity index (χ4v) is 2.38. The monoisotopic (exact) mass is 365 g/mol. The Labute approximate surface area is 146 Å². The minimum Gasteiger partial charge on any atom is -0.432 e. The molecule has 6 nitrogen and oxygen atoms in total. The number of likely N-dealkylation sites (N-methyl/N-ethyl adjacent to an activating group) is 1. The number of nitrogens with zero attached hydrogens (tertiary/aromatic N) is 2. The third kappa shape index (κ3) is 3.13. The Kier molecular flexibility index (Phi) is 4.64. The molecule has 1 aromatic heterocycles. The first-order valence-corrected chi connectivity index (χ1v) is 7.63. The summed E-state index contributed by atoms with van der Waals surface area (Å²) in [7, 11) is 3.70. The minimum absolute atomic E-state index is 0.0370. The number of allylic oxidation sites excluding steroid dienone is 2. The van der Waals surface area contributed by atoms with E-state index in [2.05, 4.69) is 10.3 Å². The van der Waals surface area contributed by atoms with Crippen LogP contribution >= 0.6 is 0 Å². The van der Waals surface area contributed by atoms with Crippen LogP contribution in [-0.2, 0) is 0 Å². The molecule has 1 heterocycles. The fourth-order valence-electron chi connectivity index (χ4n) is 2.38. The molecular weight excluding hydrogens is 351 g/mol. The predicted molar refractivity (Wildman–Crippen MR) is 85.1 cm³/mol. The van der Waals surface area contributed by atoms with Crippen LogP contribution in [0, 0.1) is 17.5 Å². The van der Waals surface area contributed by atoms with E-state index in [4.69, 9.17) is 4.42 Å². The highest BCUT2D eigenvalue weighted by atomic mass is 19.2. The Morgan fingerprint density at radius 3 is 2.58 bits per heavy atom. The first kappa shape index (κ1) is 17.9. The van der Waals surface area contributed by atoms with Crippen molar-refractivity contribution in [3.63, 3.8) is 0 Å². The van der Waals surface area contributed by atoms with Crippen LogP contribution < -0.4 is 5.32 Å². The maximum Gasteiger partial charge on any atom is 0.231 e. The molecule has 1 N–H and O–H groups in total. The van der Waals surface area contributed by atoms with Gasteiger partial charge >= 0.3 is 0 Å². The zero-order valence-electron chi connectivity index (χ0n) is 13.9. The van der Waals surface area contributed by atoms with Crippen molar-refractivity contribution >= 4 is 11.6 Å². The molecule has 0 atom stereocenters. The van der Waals surface area contributed by atoms with Gasteiger partial charge in [-0.2, -0.15) is 0 Å². The van der Waals surface area contributed by atoms with Crippen molar-refractivity contribution in [2.75, 3.05) is 27.2 Å². The number of rotatable bonds is 5. The summed E-state index contributed by atoms with van der Waals surface area (Å²) in [6, 6.07) is 1.62. The molecule has 26 heavy (non-hydrogen) atoms. The molecule has 0 saturated carbocycles. The summed E-state index contributed by atoms with van der Waals surface area (Å²) in [5, 5.41) is 2.83. The molecule has 0 spiro atoms. The number of benzene rings is 1. The first-order valence-electron chi connectivity index (χ1n) is 7.63. The van der Waals surface area contributed by atoms with Crippen molar-refractivity contribution in [3.8, 4) is 11.5 Å². The lowest BCUT2D eigenvalue weighted by Gasteiger charge is -2.14. The fraction of sp³-hybridized carbons (Fsp3) is 0.235. The smallest absolute Gasteiger partial charge is 0.231 e. The number of fused-ring (bicyclic) bond motifs is 1. The van der Waals surface area contributed by atoms with E-state index in [1.807, 2.05) is 19.0 Å². The third-order valence-corrected chi connectivity index (χ3v) is 3.73. The Bertz CT molecular complexity index is 935. The molecule has 0 fully saturated rings. The number of carbonyl (C=O) groups excluding carboxylic acids is 2. The standard InChI is InChI=1S/C17H14F3N3O3/c1-23(2)6-5-21-10-7-11(24)16-14(15(10)25)22-17(26-16)8-3-4-9(18)13(20)12(8)19/h3-4,7,21H,5-6H2,1-2H3.